The third-order valence-corrected chi connectivity index (χ3v) is 6.69. The molecule has 2 amide bonds. The predicted octanol–water partition coefficient (Wildman–Crippen LogP) is 4.53. The van der Waals surface area contributed by atoms with Gasteiger partial charge in [0.2, 0.25) is 5.91 Å². The van der Waals surface area contributed by atoms with Gasteiger partial charge in [-0.05, 0) is 62.9 Å². The van der Waals surface area contributed by atoms with Crippen LogP contribution in [0.2, 0.25) is 0 Å². The van der Waals surface area contributed by atoms with Crippen LogP contribution >= 0.6 is 11.3 Å². The number of ether oxygens (including phenoxy) is 1. The number of rotatable bonds is 6. The molecule has 8 heteroatoms. The second-order valence-electron chi connectivity index (χ2n) is 8.44. The van der Waals surface area contributed by atoms with Crippen molar-refractivity contribution < 1.29 is 14.3 Å². The van der Waals surface area contributed by atoms with Gasteiger partial charge in [-0.3, -0.25) is 14.6 Å². The van der Waals surface area contributed by atoms with Crippen molar-refractivity contribution in [2.45, 2.75) is 40.2 Å². The second kappa shape index (κ2) is 10.1. The van der Waals surface area contributed by atoms with Crippen molar-refractivity contribution in [2.75, 3.05) is 18.4 Å². The van der Waals surface area contributed by atoms with E-state index in [0.29, 0.717) is 43.2 Å². The number of nitrogens with zero attached hydrogens (tertiary/aromatic N) is 3. The average molecular weight is 465 g/mol. The van der Waals surface area contributed by atoms with Gasteiger partial charge in [0.1, 0.15) is 12.4 Å². The summed E-state index contributed by atoms with van der Waals surface area (Å²) in [6.07, 6.45) is 4.81. The van der Waals surface area contributed by atoms with Gasteiger partial charge >= 0.3 is 0 Å². The Hall–Kier alpha value is -3.26. The molecule has 0 spiro atoms. The van der Waals surface area contributed by atoms with Crippen molar-refractivity contribution in [1.29, 1.82) is 0 Å². The summed E-state index contributed by atoms with van der Waals surface area (Å²) in [5.41, 5.74) is 4.40. The number of hydrogen-bond acceptors (Lipinski definition) is 6. The van der Waals surface area contributed by atoms with E-state index >= 15 is 0 Å². The maximum absolute atomic E-state index is 13.1. The van der Waals surface area contributed by atoms with E-state index in [2.05, 4.69) is 15.3 Å². The Morgan fingerprint density at radius 3 is 2.52 bits per heavy atom. The molecule has 0 saturated carbocycles. The Morgan fingerprint density at radius 1 is 1.18 bits per heavy atom. The van der Waals surface area contributed by atoms with E-state index in [1.165, 1.54) is 11.3 Å². The van der Waals surface area contributed by atoms with Crippen molar-refractivity contribution in [3.05, 3.63) is 70.0 Å². The van der Waals surface area contributed by atoms with Crippen LogP contribution in [0.5, 0.6) is 5.75 Å². The molecule has 4 rings (SSSR count). The highest BCUT2D eigenvalue weighted by Gasteiger charge is 2.28. The molecule has 1 saturated heterocycles. The molecule has 0 bridgehead atoms. The zero-order valence-corrected chi connectivity index (χ0v) is 19.9. The van der Waals surface area contributed by atoms with E-state index in [-0.39, 0.29) is 17.7 Å². The lowest BCUT2D eigenvalue weighted by molar-refractivity contribution is -0.121. The summed E-state index contributed by atoms with van der Waals surface area (Å²) < 4.78 is 6.01. The monoisotopic (exact) mass is 464 g/mol. The van der Waals surface area contributed by atoms with Crippen LogP contribution in [0.15, 0.2) is 42.0 Å². The van der Waals surface area contributed by atoms with Crippen LogP contribution in [-0.4, -0.2) is 39.8 Å². The van der Waals surface area contributed by atoms with Crippen LogP contribution < -0.4 is 10.1 Å². The van der Waals surface area contributed by atoms with Crippen LogP contribution in [0, 0.1) is 26.7 Å². The SMILES string of the molecule is Cc1csc(NC(=O)C2CCN(C(=O)c3cc(C)c(OCc4cccnc4)c(C)c3)CC2)n1. The zero-order valence-electron chi connectivity index (χ0n) is 19.1. The molecule has 7 nitrogen and oxygen atoms in total. The topological polar surface area (TPSA) is 84.4 Å². The summed E-state index contributed by atoms with van der Waals surface area (Å²) in [7, 11) is 0. The minimum absolute atomic E-state index is 0.00517. The normalized spacial score (nSPS) is 14.2. The van der Waals surface area contributed by atoms with Crippen molar-refractivity contribution in [1.82, 2.24) is 14.9 Å². The lowest BCUT2D eigenvalue weighted by Gasteiger charge is -2.31. The highest BCUT2D eigenvalue weighted by Crippen LogP contribution is 2.28. The third-order valence-electron chi connectivity index (χ3n) is 5.82. The number of nitrogens with one attached hydrogen (secondary N) is 1. The summed E-state index contributed by atoms with van der Waals surface area (Å²) >= 11 is 1.43. The Bertz CT molecular complexity index is 1110. The van der Waals surface area contributed by atoms with Crippen molar-refractivity contribution >= 4 is 28.3 Å². The number of aromatic nitrogens is 2. The Kier molecular flexibility index (Phi) is 7.03. The first kappa shape index (κ1) is 22.9. The fraction of sp³-hybridized carbons (Fsp3) is 0.360. The molecule has 2 aromatic heterocycles. The maximum atomic E-state index is 13.1. The highest BCUT2D eigenvalue weighted by atomic mass is 32.1. The number of benzene rings is 1. The number of aryl methyl sites for hydroxylation is 3. The molecule has 0 radical (unpaired) electrons. The van der Waals surface area contributed by atoms with Crippen molar-refractivity contribution in [2.24, 2.45) is 5.92 Å². The van der Waals surface area contributed by atoms with Crippen molar-refractivity contribution in [3.8, 4) is 5.75 Å². The molecule has 1 fully saturated rings. The molecular weight excluding hydrogens is 436 g/mol. The van der Waals surface area contributed by atoms with Gasteiger partial charge < -0.3 is 15.0 Å². The standard InChI is InChI=1S/C25H28N4O3S/c1-16-11-21(12-17(2)22(16)32-14-19-5-4-8-26-13-19)24(31)29-9-6-20(7-10-29)23(30)28-25-27-18(3)15-33-25/h4-5,8,11-13,15,20H,6-7,9-10,14H2,1-3H3,(H,27,28,30). The molecule has 1 aliphatic heterocycles. The molecular formula is C25H28N4O3S. The number of thiazole rings is 1. The quantitative estimate of drug-likeness (QED) is 0.579. The Labute approximate surface area is 197 Å². The largest absolute Gasteiger partial charge is 0.488 e. The minimum atomic E-state index is -0.106. The average Bonchev–Trinajstić information content (AvgIpc) is 3.23. The van der Waals surface area contributed by atoms with Gasteiger partial charge in [-0.25, -0.2) is 4.98 Å². The molecule has 0 unspecified atom stereocenters. The number of anilines is 1. The number of pyridine rings is 1. The van der Waals surface area contributed by atoms with Crippen LogP contribution in [0.3, 0.4) is 0 Å². The zero-order chi connectivity index (χ0) is 23.4. The summed E-state index contributed by atoms with van der Waals surface area (Å²) in [5, 5.41) is 5.45. The number of likely N-dealkylation sites (tertiary alicyclic amines) is 1. The molecule has 3 aromatic rings. The molecule has 0 atom stereocenters. The van der Waals surface area contributed by atoms with Crippen LogP contribution in [0.4, 0.5) is 5.13 Å². The number of hydrogen-bond donors (Lipinski definition) is 1. The molecule has 1 aromatic carbocycles. The first-order valence-electron chi connectivity index (χ1n) is 11.1. The molecule has 33 heavy (non-hydrogen) atoms. The van der Waals surface area contributed by atoms with Crippen LogP contribution in [-0.2, 0) is 11.4 Å². The van der Waals surface area contributed by atoms with E-state index in [0.717, 1.165) is 28.1 Å². The summed E-state index contributed by atoms with van der Waals surface area (Å²) in [4.78, 5) is 35.9. The smallest absolute Gasteiger partial charge is 0.253 e. The molecule has 0 aliphatic carbocycles. The van der Waals surface area contributed by atoms with E-state index < -0.39 is 0 Å². The van der Waals surface area contributed by atoms with Gasteiger partial charge in [0.25, 0.3) is 5.91 Å². The fourth-order valence-electron chi connectivity index (χ4n) is 4.09. The van der Waals surface area contributed by atoms with Gasteiger partial charge in [-0.2, -0.15) is 0 Å². The van der Waals surface area contributed by atoms with E-state index in [1.54, 1.807) is 12.4 Å². The van der Waals surface area contributed by atoms with Gasteiger partial charge in [0, 0.05) is 47.9 Å². The van der Waals surface area contributed by atoms with E-state index in [9.17, 15) is 9.59 Å². The van der Waals surface area contributed by atoms with Crippen LogP contribution in [0.1, 0.15) is 45.6 Å². The summed E-state index contributed by atoms with van der Waals surface area (Å²) in [5.74, 6) is 0.667. The first-order chi connectivity index (χ1) is 15.9. The highest BCUT2D eigenvalue weighted by molar-refractivity contribution is 7.13. The minimum Gasteiger partial charge on any atom is -0.488 e. The Balaban J connectivity index is 1.35. The second-order valence-corrected chi connectivity index (χ2v) is 9.30. The number of amides is 2. The molecule has 172 valence electrons. The molecule has 3 heterocycles. The van der Waals surface area contributed by atoms with Gasteiger partial charge in [0.05, 0.1) is 5.69 Å². The van der Waals surface area contributed by atoms with E-state index in [4.69, 9.17) is 4.74 Å². The fourth-order valence-corrected chi connectivity index (χ4v) is 4.78. The first-order valence-corrected chi connectivity index (χ1v) is 11.9. The maximum Gasteiger partial charge on any atom is 0.253 e. The van der Waals surface area contributed by atoms with Gasteiger partial charge in [0.15, 0.2) is 5.13 Å². The summed E-state index contributed by atoms with van der Waals surface area (Å²) in [6.45, 7) is 7.37. The predicted molar refractivity (Wildman–Crippen MR) is 129 cm³/mol. The molecule has 1 N–H and O–H groups in total. The number of piperidine rings is 1. The van der Waals surface area contributed by atoms with E-state index in [1.807, 2.05) is 55.3 Å². The van der Waals surface area contributed by atoms with Gasteiger partial charge in [-0.15, -0.1) is 11.3 Å². The summed E-state index contributed by atoms with van der Waals surface area (Å²) in [6, 6.07) is 7.62. The lowest BCUT2D eigenvalue weighted by Crippen LogP contribution is -2.41. The van der Waals surface area contributed by atoms with Crippen molar-refractivity contribution in [3.63, 3.8) is 0 Å². The lowest BCUT2D eigenvalue weighted by atomic mass is 9.95. The molecule has 1 aliphatic rings. The van der Waals surface area contributed by atoms with Gasteiger partial charge in [-0.1, -0.05) is 6.07 Å². The Morgan fingerprint density at radius 2 is 1.91 bits per heavy atom. The number of carbonyl (C=O) groups excluding carboxylic acids is 2. The van der Waals surface area contributed by atoms with Crippen LogP contribution in [0.25, 0.3) is 0 Å². The number of carbonyl (C=O) groups is 2. The third kappa shape index (κ3) is 5.57.